The van der Waals surface area contributed by atoms with E-state index in [0.717, 1.165) is 36.2 Å². The third-order valence-corrected chi connectivity index (χ3v) is 4.91. The number of benzene rings is 2. The van der Waals surface area contributed by atoms with Crippen molar-refractivity contribution in [3.05, 3.63) is 65.5 Å². The van der Waals surface area contributed by atoms with Crippen molar-refractivity contribution in [2.75, 3.05) is 17.7 Å². The fourth-order valence-electron chi connectivity index (χ4n) is 3.67. The average molecular weight is 390 g/mol. The molecule has 4 rings (SSSR count). The smallest absolute Gasteiger partial charge is 0.276 e. The molecule has 1 heterocycles. The van der Waals surface area contributed by atoms with E-state index in [1.807, 2.05) is 35.0 Å². The number of rotatable bonds is 5. The molecule has 3 aromatic rings. The molecule has 148 valence electrons. The monoisotopic (exact) mass is 390 g/mol. The molecule has 1 aliphatic rings. The Balaban J connectivity index is 1.64. The summed E-state index contributed by atoms with van der Waals surface area (Å²) in [7, 11) is 1.53. The molecule has 7 nitrogen and oxygen atoms in total. The molecule has 0 bridgehead atoms. The number of anilines is 2. The van der Waals surface area contributed by atoms with Crippen LogP contribution in [0.25, 0.3) is 5.69 Å². The van der Waals surface area contributed by atoms with Gasteiger partial charge in [0, 0.05) is 23.9 Å². The van der Waals surface area contributed by atoms with Gasteiger partial charge in [0.05, 0.1) is 18.5 Å². The predicted octanol–water partition coefficient (Wildman–Crippen LogP) is 3.58. The van der Waals surface area contributed by atoms with Crippen LogP contribution < -0.4 is 15.4 Å². The Kier molecular flexibility index (Phi) is 5.03. The summed E-state index contributed by atoms with van der Waals surface area (Å²) in [6.45, 7) is 1.42. The zero-order valence-corrected chi connectivity index (χ0v) is 16.4. The van der Waals surface area contributed by atoms with Crippen molar-refractivity contribution in [1.82, 2.24) is 9.78 Å². The van der Waals surface area contributed by atoms with E-state index in [4.69, 9.17) is 4.74 Å². The quantitative estimate of drug-likeness (QED) is 0.697. The van der Waals surface area contributed by atoms with E-state index in [1.165, 1.54) is 14.0 Å². The molecule has 29 heavy (non-hydrogen) atoms. The average Bonchev–Trinajstić information content (AvgIpc) is 3.31. The number of fused-ring (bicyclic) bond motifs is 1. The van der Waals surface area contributed by atoms with Crippen LogP contribution in [0.3, 0.4) is 0 Å². The van der Waals surface area contributed by atoms with E-state index >= 15 is 0 Å². The van der Waals surface area contributed by atoms with Gasteiger partial charge in [-0.05, 0) is 49.6 Å². The van der Waals surface area contributed by atoms with Gasteiger partial charge in [-0.1, -0.05) is 18.2 Å². The molecular weight excluding hydrogens is 368 g/mol. The van der Waals surface area contributed by atoms with Crippen molar-refractivity contribution < 1.29 is 14.3 Å². The molecule has 0 aliphatic heterocycles. The molecule has 1 aliphatic carbocycles. The van der Waals surface area contributed by atoms with Gasteiger partial charge in [0.25, 0.3) is 5.91 Å². The first-order valence-electron chi connectivity index (χ1n) is 9.50. The van der Waals surface area contributed by atoms with Gasteiger partial charge in [0.1, 0.15) is 5.75 Å². The maximum atomic E-state index is 13.0. The van der Waals surface area contributed by atoms with Crippen LogP contribution in [0, 0.1) is 0 Å². The van der Waals surface area contributed by atoms with Crippen molar-refractivity contribution in [3.8, 4) is 11.4 Å². The number of nitrogens with one attached hydrogen (secondary N) is 2. The summed E-state index contributed by atoms with van der Waals surface area (Å²) in [5, 5.41) is 10.2. The lowest BCUT2D eigenvalue weighted by molar-refractivity contribution is -0.114. The molecule has 7 heteroatoms. The lowest BCUT2D eigenvalue weighted by Gasteiger charge is -2.11. The van der Waals surface area contributed by atoms with Gasteiger partial charge in [-0.2, -0.15) is 5.10 Å². The Morgan fingerprint density at radius 2 is 1.86 bits per heavy atom. The van der Waals surface area contributed by atoms with Crippen LogP contribution in [0.5, 0.6) is 5.75 Å². The molecule has 1 aromatic heterocycles. The van der Waals surface area contributed by atoms with E-state index in [1.54, 1.807) is 18.2 Å². The van der Waals surface area contributed by atoms with Crippen LogP contribution in [0.1, 0.15) is 35.1 Å². The summed E-state index contributed by atoms with van der Waals surface area (Å²) in [4.78, 5) is 24.4. The topological polar surface area (TPSA) is 85.2 Å². The third-order valence-electron chi connectivity index (χ3n) is 4.91. The first kappa shape index (κ1) is 18.7. The molecule has 2 N–H and O–H groups in total. The molecule has 0 spiro atoms. The first-order valence-corrected chi connectivity index (χ1v) is 9.50. The molecule has 2 aromatic carbocycles. The van der Waals surface area contributed by atoms with Crippen LogP contribution in [0.15, 0.2) is 48.5 Å². The lowest BCUT2D eigenvalue weighted by atomic mass is 10.2. The highest BCUT2D eigenvalue weighted by Gasteiger charge is 2.27. The van der Waals surface area contributed by atoms with Gasteiger partial charge < -0.3 is 15.4 Å². The van der Waals surface area contributed by atoms with E-state index in [2.05, 4.69) is 15.7 Å². The fraction of sp³-hybridized carbons (Fsp3) is 0.227. The Bertz CT molecular complexity index is 1070. The molecule has 0 radical (unpaired) electrons. The maximum Gasteiger partial charge on any atom is 0.276 e. The van der Waals surface area contributed by atoms with Crippen molar-refractivity contribution in [1.29, 1.82) is 0 Å². The number of aromatic nitrogens is 2. The van der Waals surface area contributed by atoms with Crippen LogP contribution >= 0.6 is 0 Å². The van der Waals surface area contributed by atoms with Crippen molar-refractivity contribution in [3.63, 3.8) is 0 Å². The number of hydrogen-bond acceptors (Lipinski definition) is 4. The maximum absolute atomic E-state index is 13.0. The number of carbonyl (C=O) groups excluding carboxylic acids is 2. The van der Waals surface area contributed by atoms with E-state index in [0.29, 0.717) is 22.8 Å². The van der Waals surface area contributed by atoms with E-state index < -0.39 is 0 Å². The number of nitrogens with zero attached hydrogens (tertiary/aromatic N) is 2. The molecule has 0 saturated heterocycles. The number of methoxy groups -OCH3 is 1. The minimum Gasteiger partial charge on any atom is -0.495 e. The minimum atomic E-state index is -0.267. The second-order valence-corrected chi connectivity index (χ2v) is 6.93. The normalized spacial score (nSPS) is 12.3. The largest absolute Gasteiger partial charge is 0.495 e. The SMILES string of the molecule is COc1ccc(NC(=O)c2nn(-c3ccccc3)c3c2CCC3)cc1NC(C)=O. The predicted molar refractivity (Wildman–Crippen MR) is 111 cm³/mol. The summed E-state index contributed by atoms with van der Waals surface area (Å²) in [6.07, 6.45) is 2.75. The zero-order valence-electron chi connectivity index (χ0n) is 16.4. The minimum absolute atomic E-state index is 0.216. The summed E-state index contributed by atoms with van der Waals surface area (Å²) >= 11 is 0. The fourth-order valence-corrected chi connectivity index (χ4v) is 3.67. The van der Waals surface area contributed by atoms with Crippen LogP contribution in [0.4, 0.5) is 11.4 Å². The second kappa shape index (κ2) is 7.79. The Morgan fingerprint density at radius 1 is 1.07 bits per heavy atom. The molecule has 2 amide bonds. The highest BCUT2D eigenvalue weighted by atomic mass is 16.5. The van der Waals surface area contributed by atoms with Gasteiger partial charge in [-0.3, -0.25) is 9.59 Å². The van der Waals surface area contributed by atoms with Gasteiger partial charge in [-0.25, -0.2) is 4.68 Å². The van der Waals surface area contributed by atoms with Gasteiger partial charge >= 0.3 is 0 Å². The molecule has 0 saturated carbocycles. The highest BCUT2D eigenvalue weighted by molar-refractivity contribution is 6.05. The zero-order chi connectivity index (χ0) is 20.4. The second-order valence-electron chi connectivity index (χ2n) is 6.93. The van der Waals surface area contributed by atoms with E-state index in [9.17, 15) is 9.59 Å². The van der Waals surface area contributed by atoms with E-state index in [-0.39, 0.29) is 11.8 Å². The number of ether oxygens (including phenoxy) is 1. The Labute approximate surface area is 168 Å². The van der Waals surface area contributed by atoms with Crippen LogP contribution in [-0.2, 0) is 17.6 Å². The number of para-hydroxylation sites is 1. The highest BCUT2D eigenvalue weighted by Crippen LogP contribution is 2.30. The van der Waals surface area contributed by atoms with Crippen molar-refractivity contribution in [2.24, 2.45) is 0 Å². The van der Waals surface area contributed by atoms with Gasteiger partial charge in [0.15, 0.2) is 5.69 Å². The molecule has 0 fully saturated rings. The van der Waals surface area contributed by atoms with Crippen molar-refractivity contribution in [2.45, 2.75) is 26.2 Å². The van der Waals surface area contributed by atoms with Gasteiger partial charge in [0.2, 0.25) is 5.91 Å². The number of hydrogen-bond donors (Lipinski definition) is 2. The van der Waals surface area contributed by atoms with Crippen LogP contribution in [0.2, 0.25) is 0 Å². The molecule has 0 atom stereocenters. The number of carbonyl (C=O) groups is 2. The summed E-state index contributed by atoms with van der Waals surface area (Å²) in [5.74, 6) is 0.0374. The van der Waals surface area contributed by atoms with Crippen LogP contribution in [-0.4, -0.2) is 28.7 Å². The summed E-state index contributed by atoms with van der Waals surface area (Å²) in [5.41, 5.74) is 4.54. The van der Waals surface area contributed by atoms with Gasteiger partial charge in [-0.15, -0.1) is 0 Å². The third kappa shape index (κ3) is 3.71. The number of amides is 2. The van der Waals surface area contributed by atoms with Crippen molar-refractivity contribution >= 4 is 23.2 Å². The first-order chi connectivity index (χ1) is 14.1. The summed E-state index contributed by atoms with van der Waals surface area (Å²) in [6, 6.07) is 14.9. The lowest BCUT2D eigenvalue weighted by Crippen LogP contribution is -2.15. The summed E-state index contributed by atoms with van der Waals surface area (Å²) < 4.78 is 7.13. The standard InChI is InChI=1S/C22H22N4O3/c1-14(27)23-18-13-15(11-12-20(18)29-2)24-22(28)21-17-9-6-10-19(17)26(25-21)16-7-4-3-5-8-16/h3-5,7-8,11-13H,6,9-10H2,1-2H3,(H,23,27)(H,24,28). The Hall–Kier alpha value is -3.61. The molecular formula is C22H22N4O3. The molecule has 0 unspecified atom stereocenters. The Morgan fingerprint density at radius 3 is 2.59 bits per heavy atom.